The molecule has 4 aromatic rings. The molecular weight excluding hydrogens is 524 g/mol. The molecule has 0 saturated carbocycles. The van der Waals surface area contributed by atoms with Crippen LogP contribution in [0.5, 0.6) is 0 Å². The molecule has 2 aliphatic heterocycles. The summed E-state index contributed by atoms with van der Waals surface area (Å²) >= 11 is 0. The van der Waals surface area contributed by atoms with E-state index in [1.807, 2.05) is 48.5 Å². The summed E-state index contributed by atoms with van der Waals surface area (Å²) < 4.78 is 0. The molecule has 218 valence electrons. The third kappa shape index (κ3) is 6.72. The van der Waals surface area contributed by atoms with E-state index in [-0.39, 0.29) is 11.8 Å². The third-order valence-electron chi connectivity index (χ3n) is 8.45. The summed E-state index contributed by atoms with van der Waals surface area (Å²) in [6.07, 6.45) is 5.82. The molecule has 3 heterocycles. The lowest BCUT2D eigenvalue weighted by Crippen LogP contribution is -2.25. The summed E-state index contributed by atoms with van der Waals surface area (Å²) in [7, 11) is 0. The van der Waals surface area contributed by atoms with Gasteiger partial charge in [0.25, 0.3) is 0 Å². The normalized spacial score (nSPS) is 15.8. The van der Waals surface area contributed by atoms with Crippen molar-refractivity contribution in [3.63, 3.8) is 0 Å². The summed E-state index contributed by atoms with van der Waals surface area (Å²) in [5.74, 6) is 0.0263. The van der Waals surface area contributed by atoms with Crippen LogP contribution in [0.15, 0.2) is 60.7 Å². The average molecular weight is 565 g/mol. The lowest BCUT2D eigenvalue weighted by Gasteiger charge is -2.17. The molecule has 2 fully saturated rings. The second-order valence-corrected chi connectivity index (χ2v) is 11.6. The van der Waals surface area contributed by atoms with Gasteiger partial charge in [0.05, 0.1) is 16.7 Å². The van der Waals surface area contributed by atoms with E-state index in [1.54, 1.807) is 0 Å². The topological polar surface area (TPSA) is 89.6 Å². The molecule has 2 amide bonds. The zero-order chi connectivity index (χ0) is 28.9. The van der Waals surface area contributed by atoms with Crippen molar-refractivity contribution in [2.75, 3.05) is 55.2 Å². The first-order valence-electron chi connectivity index (χ1n) is 15.3. The molecule has 3 N–H and O–H groups in total. The van der Waals surface area contributed by atoms with E-state index >= 15 is 0 Å². The fraction of sp³-hybridized carbons (Fsp3) is 0.382. The van der Waals surface area contributed by atoms with E-state index in [2.05, 4.69) is 44.8 Å². The van der Waals surface area contributed by atoms with Crippen LogP contribution in [0, 0.1) is 6.92 Å². The molecule has 8 heteroatoms. The Labute approximate surface area is 247 Å². The van der Waals surface area contributed by atoms with Crippen molar-refractivity contribution in [2.45, 2.75) is 45.4 Å². The van der Waals surface area contributed by atoms with Crippen molar-refractivity contribution < 1.29 is 9.59 Å². The number of hydrogen-bond donors (Lipinski definition) is 3. The first kappa shape index (κ1) is 28.1. The van der Waals surface area contributed by atoms with Crippen LogP contribution in [-0.2, 0) is 9.59 Å². The van der Waals surface area contributed by atoms with Crippen molar-refractivity contribution in [1.29, 1.82) is 0 Å². The van der Waals surface area contributed by atoms with Gasteiger partial charge in [-0.25, -0.2) is 4.98 Å². The Bertz CT molecular complexity index is 1500. The molecular formula is C34H40N6O2. The van der Waals surface area contributed by atoms with Crippen LogP contribution in [0.2, 0.25) is 0 Å². The quantitative estimate of drug-likeness (QED) is 0.196. The Balaban J connectivity index is 1.27. The van der Waals surface area contributed by atoms with Gasteiger partial charge < -0.3 is 25.8 Å². The minimum absolute atomic E-state index is 0.0132. The summed E-state index contributed by atoms with van der Waals surface area (Å²) in [4.78, 5) is 35.2. The number of hydrogen-bond acceptors (Lipinski definition) is 6. The molecule has 0 spiro atoms. The second-order valence-electron chi connectivity index (χ2n) is 11.6. The zero-order valence-corrected chi connectivity index (χ0v) is 24.4. The van der Waals surface area contributed by atoms with Gasteiger partial charge in [-0.2, -0.15) is 0 Å². The van der Waals surface area contributed by atoms with Crippen molar-refractivity contribution in [1.82, 2.24) is 14.8 Å². The fourth-order valence-corrected chi connectivity index (χ4v) is 6.06. The van der Waals surface area contributed by atoms with Crippen LogP contribution in [0.4, 0.5) is 22.7 Å². The van der Waals surface area contributed by atoms with Gasteiger partial charge in [0.1, 0.15) is 0 Å². The molecule has 42 heavy (non-hydrogen) atoms. The molecule has 2 saturated heterocycles. The second kappa shape index (κ2) is 12.9. The Kier molecular flexibility index (Phi) is 8.63. The van der Waals surface area contributed by atoms with E-state index in [1.165, 1.54) is 25.7 Å². The van der Waals surface area contributed by atoms with Crippen molar-refractivity contribution in [3.05, 3.63) is 66.2 Å². The summed E-state index contributed by atoms with van der Waals surface area (Å²) in [6, 6.07) is 20.0. The van der Waals surface area contributed by atoms with Crippen LogP contribution in [0.1, 0.15) is 44.1 Å². The first-order valence-corrected chi connectivity index (χ1v) is 15.3. The molecule has 8 nitrogen and oxygen atoms in total. The number of aromatic nitrogens is 1. The van der Waals surface area contributed by atoms with E-state index in [0.29, 0.717) is 12.8 Å². The molecule has 0 bridgehead atoms. The number of pyridine rings is 1. The van der Waals surface area contributed by atoms with Crippen molar-refractivity contribution in [3.8, 4) is 0 Å². The highest BCUT2D eigenvalue weighted by Gasteiger charge is 2.16. The first-order chi connectivity index (χ1) is 20.5. The summed E-state index contributed by atoms with van der Waals surface area (Å²) in [5, 5.41) is 11.7. The molecule has 2 aliphatic rings. The predicted molar refractivity (Wildman–Crippen MR) is 172 cm³/mol. The Morgan fingerprint density at radius 1 is 0.714 bits per heavy atom. The molecule has 1 aromatic heterocycles. The Morgan fingerprint density at radius 3 is 1.71 bits per heavy atom. The van der Waals surface area contributed by atoms with Crippen LogP contribution >= 0.6 is 0 Å². The van der Waals surface area contributed by atoms with Crippen LogP contribution in [-0.4, -0.2) is 65.9 Å². The summed E-state index contributed by atoms with van der Waals surface area (Å²) in [5.41, 5.74) is 6.11. The largest absolute Gasteiger partial charge is 0.354 e. The highest BCUT2D eigenvalue weighted by atomic mass is 16.2. The molecule has 0 unspecified atom stereocenters. The van der Waals surface area contributed by atoms with Gasteiger partial charge in [-0.3, -0.25) is 9.59 Å². The minimum atomic E-state index is 0.0132. The SMILES string of the molecule is Cc1ccccc1Nc1c2ccc(NC(=O)CCN3CCCC3)cc2nc2cc(NC(=O)CCN3CCCC3)ccc12. The van der Waals surface area contributed by atoms with Gasteiger partial charge in [-0.1, -0.05) is 18.2 Å². The molecule has 3 aromatic carbocycles. The predicted octanol–water partition coefficient (Wildman–Crippen LogP) is 6.29. The van der Waals surface area contributed by atoms with Crippen molar-refractivity contribution >= 4 is 56.4 Å². The maximum absolute atomic E-state index is 12.7. The van der Waals surface area contributed by atoms with Gasteiger partial charge in [-0.15, -0.1) is 0 Å². The lowest BCUT2D eigenvalue weighted by molar-refractivity contribution is -0.117. The minimum Gasteiger partial charge on any atom is -0.354 e. The molecule has 0 radical (unpaired) electrons. The standard InChI is InChI=1S/C34H40N6O2/c1-24-8-2-3-9-29(24)38-34-27-12-10-25(35-32(41)14-20-39-16-4-5-17-39)22-30(27)37-31-23-26(11-13-28(31)34)36-33(42)15-21-40-18-6-7-19-40/h2-3,8-13,22-23H,4-7,14-21H2,1H3,(H,35,41)(H,36,42)(H,37,38). The van der Waals surface area contributed by atoms with E-state index in [0.717, 1.165) is 89.4 Å². The van der Waals surface area contributed by atoms with Gasteiger partial charge in [-0.05, 0) is 107 Å². The number of rotatable bonds is 10. The van der Waals surface area contributed by atoms with Crippen molar-refractivity contribution in [2.24, 2.45) is 0 Å². The Morgan fingerprint density at radius 2 is 1.21 bits per heavy atom. The zero-order valence-electron chi connectivity index (χ0n) is 24.4. The maximum Gasteiger partial charge on any atom is 0.225 e. The highest BCUT2D eigenvalue weighted by Crippen LogP contribution is 2.36. The van der Waals surface area contributed by atoms with Gasteiger partial charge in [0.15, 0.2) is 0 Å². The molecule has 0 atom stereocenters. The number of aryl methyl sites for hydroxylation is 1. The number of nitrogens with zero attached hydrogens (tertiary/aromatic N) is 3. The van der Waals surface area contributed by atoms with E-state index < -0.39 is 0 Å². The summed E-state index contributed by atoms with van der Waals surface area (Å²) in [6.45, 7) is 7.99. The number of carbonyl (C=O) groups is 2. The average Bonchev–Trinajstić information content (AvgIpc) is 3.71. The fourth-order valence-electron chi connectivity index (χ4n) is 6.06. The molecule has 6 rings (SSSR count). The van der Waals surface area contributed by atoms with Gasteiger partial charge in [0, 0.05) is 53.8 Å². The lowest BCUT2D eigenvalue weighted by atomic mass is 10.1. The van der Waals surface area contributed by atoms with E-state index in [4.69, 9.17) is 4.98 Å². The number of benzene rings is 3. The number of anilines is 4. The maximum atomic E-state index is 12.7. The third-order valence-corrected chi connectivity index (χ3v) is 8.45. The van der Waals surface area contributed by atoms with Crippen LogP contribution in [0.25, 0.3) is 21.8 Å². The highest BCUT2D eigenvalue weighted by molar-refractivity contribution is 6.10. The number of carbonyl (C=O) groups excluding carboxylic acids is 2. The number of para-hydroxylation sites is 1. The van der Waals surface area contributed by atoms with Crippen LogP contribution < -0.4 is 16.0 Å². The van der Waals surface area contributed by atoms with Crippen LogP contribution in [0.3, 0.4) is 0 Å². The number of likely N-dealkylation sites (tertiary alicyclic amines) is 2. The van der Waals surface area contributed by atoms with Gasteiger partial charge >= 0.3 is 0 Å². The smallest absolute Gasteiger partial charge is 0.225 e. The molecule has 0 aliphatic carbocycles. The Hall–Kier alpha value is -4.01. The van der Waals surface area contributed by atoms with E-state index in [9.17, 15) is 9.59 Å². The number of nitrogens with one attached hydrogen (secondary N) is 3. The number of fused-ring (bicyclic) bond motifs is 2. The van der Waals surface area contributed by atoms with Gasteiger partial charge in [0.2, 0.25) is 11.8 Å². The number of amides is 2. The monoisotopic (exact) mass is 564 g/mol.